The summed E-state index contributed by atoms with van der Waals surface area (Å²) in [5.74, 6) is -0.135. The van der Waals surface area contributed by atoms with Gasteiger partial charge >= 0.3 is 0 Å². The summed E-state index contributed by atoms with van der Waals surface area (Å²) in [6, 6.07) is 11.0. The quantitative estimate of drug-likeness (QED) is 0.776. The SMILES string of the molecule is Cc1ccc(-c2ccc3c(c2)CCN(C)C3=O)cc1F. The predicted molar refractivity (Wildman–Crippen MR) is 77.2 cm³/mol. The van der Waals surface area contributed by atoms with E-state index in [4.69, 9.17) is 0 Å². The first kappa shape index (κ1) is 12.9. The van der Waals surface area contributed by atoms with Crippen LogP contribution in [0, 0.1) is 12.7 Å². The van der Waals surface area contributed by atoms with Crippen LogP contribution in [0.15, 0.2) is 36.4 Å². The van der Waals surface area contributed by atoms with E-state index in [-0.39, 0.29) is 11.7 Å². The molecule has 0 spiro atoms. The van der Waals surface area contributed by atoms with Crippen LogP contribution in [-0.4, -0.2) is 24.4 Å². The number of carbonyl (C=O) groups excluding carboxylic acids is 1. The van der Waals surface area contributed by atoms with Crippen molar-refractivity contribution in [2.75, 3.05) is 13.6 Å². The van der Waals surface area contributed by atoms with E-state index in [1.807, 2.05) is 31.3 Å². The third kappa shape index (κ3) is 2.09. The molecule has 1 aliphatic rings. The van der Waals surface area contributed by atoms with E-state index in [1.165, 1.54) is 0 Å². The van der Waals surface area contributed by atoms with Crippen LogP contribution >= 0.6 is 0 Å². The number of hydrogen-bond donors (Lipinski definition) is 0. The molecule has 2 aromatic carbocycles. The Kier molecular flexibility index (Phi) is 3.05. The third-order valence-corrected chi connectivity index (χ3v) is 3.90. The number of carbonyl (C=O) groups is 1. The molecule has 1 heterocycles. The van der Waals surface area contributed by atoms with E-state index in [0.29, 0.717) is 5.56 Å². The Balaban J connectivity index is 2.04. The molecule has 0 aliphatic carbocycles. The standard InChI is InChI=1S/C17H16FNO/c1-11-3-4-13(10-16(11)18)12-5-6-15-14(9-12)7-8-19(2)17(15)20/h3-6,9-10H,7-8H2,1-2H3. The minimum absolute atomic E-state index is 0.0629. The van der Waals surface area contributed by atoms with Crippen LogP contribution in [-0.2, 0) is 6.42 Å². The molecule has 0 saturated heterocycles. The van der Waals surface area contributed by atoms with Gasteiger partial charge in [-0.2, -0.15) is 0 Å². The van der Waals surface area contributed by atoms with Crippen molar-refractivity contribution in [1.82, 2.24) is 4.90 Å². The zero-order valence-electron chi connectivity index (χ0n) is 11.6. The van der Waals surface area contributed by atoms with Crippen LogP contribution in [0.3, 0.4) is 0 Å². The molecule has 0 unspecified atom stereocenters. The maximum absolute atomic E-state index is 13.7. The summed E-state index contributed by atoms with van der Waals surface area (Å²) in [5, 5.41) is 0. The van der Waals surface area contributed by atoms with Crippen molar-refractivity contribution >= 4 is 5.91 Å². The van der Waals surface area contributed by atoms with Crippen molar-refractivity contribution in [3.8, 4) is 11.1 Å². The van der Waals surface area contributed by atoms with Crippen LogP contribution < -0.4 is 0 Å². The third-order valence-electron chi connectivity index (χ3n) is 3.90. The topological polar surface area (TPSA) is 20.3 Å². The van der Waals surface area contributed by atoms with Gasteiger partial charge in [0.25, 0.3) is 5.91 Å². The summed E-state index contributed by atoms with van der Waals surface area (Å²) in [4.78, 5) is 13.8. The van der Waals surface area contributed by atoms with Gasteiger partial charge in [0.05, 0.1) is 0 Å². The average molecular weight is 269 g/mol. The largest absolute Gasteiger partial charge is 0.341 e. The average Bonchev–Trinajstić information content (AvgIpc) is 2.45. The van der Waals surface area contributed by atoms with E-state index < -0.39 is 0 Å². The fourth-order valence-electron chi connectivity index (χ4n) is 2.56. The van der Waals surface area contributed by atoms with Crippen molar-refractivity contribution in [2.45, 2.75) is 13.3 Å². The summed E-state index contributed by atoms with van der Waals surface area (Å²) < 4.78 is 13.7. The van der Waals surface area contributed by atoms with E-state index in [2.05, 4.69) is 0 Å². The molecule has 3 rings (SSSR count). The highest BCUT2D eigenvalue weighted by molar-refractivity contribution is 5.97. The summed E-state index contributed by atoms with van der Waals surface area (Å²) in [5.41, 5.74) is 4.26. The van der Waals surface area contributed by atoms with Gasteiger partial charge in [-0.3, -0.25) is 4.79 Å². The molecule has 0 atom stereocenters. The molecule has 2 aromatic rings. The van der Waals surface area contributed by atoms with Crippen molar-refractivity contribution in [3.05, 3.63) is 58.9 Å². The fraction of sp³-hybridized carbons (Fsp3) is 0.235. The maximum atomic E-state index is 13.7. The number of benzene rings is 2. The Morgan fingerprint density at radius 3 is 2.55 bits per heavy atom. The summed E-state index contributed by atoms with van der Waals surface area (Å²) in [6.07, 6.45) is 0.847. The van der Waals surface area contributed by atoms with Crippen molar-refractivity contribution in [3.63, 3.8) is 0 Å². The molecular formula is C17H16FNO. The lowest BCUT2D eigenvalue weighted by atomic mass is 9.94. The molecule has 102 valence electrons. The second kappa shape index (κ2) is 4.75. The van der Waals surface area contributed by atoms with Gasteiger partial charge in [-0.25, -0.2) is 4.39 Å². The van der Waals surface area contributed by atoms with E-state index >= 15 is 0 Å². The molecule has 0 N–H and O–H groups in total. The number of rotatable bonds is 1. The van der Waals surface area contributed by atoms with Gasteiger partial charge in [-0.15, -0.1) is 0 Å². The van der Waals surface area contributed by atoms with Gasteiger partial charge < -0.3 is 4.90 Å². The minimum Gasteiger partial charge on any atom is -0.341 e. The minimum atomic E-state index is -0.198. The number of fused-ring (bicyclic) bond motifs is 1. The summed E-state index contributed by atoms with van der Waals surface area (Å²) in [7, 11) is 1.81. The normalized spacial score (nSPS) is 14.3. The molecule has 0 aromatic heterocycles. The van der Waals surface area contributed by atoms with Crippen LogP contribution in [0.5, 0.6) is 0 Å². The highest BCUT2D eigenvalue weighted by Gasteiger charge is 2.21. The maximum Gasteiger partial charge on any atom is 0.253 e. The van der Waals surface area contributed by atoms with Gasteiger partial charge in [0.1, 0.15) is 5.82 Å². The smallest absolute Gasteiger partial charge is 0.253 e. The first-order chi connectivity index (χ1) is 9.56. The van der Waals surface area contributed by atoms with Crippen LogP contribution in [0.4, 0.5) is 4.39 Å². The fourth-order valence-corrected chi connectivity index (χ4v) is 2.56. The van der Waals surface area contributed by atoms with Crippen LogP contribution in [0.1, 0.15) is 21.5 Å². The first-order valence-corrected chi connectivity index (χ1v) is 6.71. The van der Waals surface area contributed by atoms with Gasteiger partial charge in [-0.1, -0.05) is 24.3 Å². The number of hydrogen-bond acceptors (Lipinski definition) is 1. The van der Waals surface area contributed by atoms with Crippen LogP contribution in [0.25, 0.3) is 11.1 Å². The van der Waals surface area contributed by atoms with Gasteiger partial charge in [-0.05, 0) is 47.7 Å². The molecule has 0 saturated carbocycles. The lowest BCUT2D eigenvalue weighted by molar-refractivity contribution is 0.0781. The highest BCUT2D eigenvalue weighted by Crippen LogP contribution is 2.27. The molecule has 3 heteroatoms. The van der Waals surface area contributed by atoms with Gasteiger partial charge in [0.2, 0.25) is 0 Å². The molecule has 1 aliphatic heterocycles. The van der Waals surface area contributed by atoms with E-state index in [9.17, 15) is 9.18 Å². The Morgan fingerprint density at radius 2 is 1.80 bits per heavy atom. The number of likely N-dealkylation sites (N-methyl/N-ethyl adjacent to an activating group) is 1. The Bertz CT molecular complexity index is 693. The monoisotopic (exact) mass is 269 g/mol. The van der Waals surface area contributed by atoms with Crippen molar-refractivity contribution < 1.29 is 9.18 Å². The molecule has 0 fully saturated rings. The molecule has 0 radical (unpaired) electrons. The van der Waals surface area contributed by atoms with E-state index in [1.54, 1.807) is 24.0 Å². The highest BCUT2D eigenvalue weighted by atomic mass is 19.1. The summed E-state index contributed by atoms with van der Waals surface area (Å²) in [6.45, 7) is 2.48. The first-order valence-electron chi connectivity index (χ1n) is 6.71. The number of halogens is 1. The number of amides is 1. The Labute approximate surface area is 117 Å². The number of aryl methyl sites for hydroxylation is 1. The molecule has 0 bridgehead atoms. The second-order valence-corrected chi connectivity index (χ2v) is 5.31. The zero-order chi connectivity index (χ0) is 14.3. The Hall–Kier alpha value is -2.16. The lowest BCUT2D eigenvalue weighted by Gasteiger charge is -2.25. The van der Waals surface area contributed by atoms with Crippen LogP contribution in [0.2, 0.25) is 0 Å². The lowest BCUT2D eigenvalue weighted by Crippen LogP contribution is -2.34. The predicted octanol–water partition coefficient (Wildman–Crippen LogP) is 3.43. The second-order valence-electron chi connectivity index (χ2n) is 5.31. The van der Waals surface area contributed by atoms with Crippen molar-refractivity contribution in [1.29, 1.82) is 0 Å². The van der Waals surface area contributed by atoms with Gasteiger partial charge in [0.15, 0.2) is 0 Å². The van der Waals surface area contributed by atoms with Crippen molar-refractivity contribution in [2.24, 2.45) is 0 Å². The molecule has 1 amide bonds. The zero-order valence-corrected chi connectivity index (χ0v) is 11.6. The molecule has 2 nitrogen and oxygen atoms in total. The Morgan fingerprint density at radius 1 is 1.10 bits per heavy atom. The molecular weight excluding hydrogens is 253 g/mol. The van der Waals surface area contributed by atoms with Gasteiger partial charge in [0, 0.05) is 19.2 Å². The summed E-state index contributed by atoms with van der Waals surface area (Å²) >= 11 is 0. The number of nitrogens with zero attached hydrogens (tertiary/aromatic N) is 1. The van der Waals surface area contributed by atoms with E-state index in [0.717, 1.165) is 35.2 Å². The molecule has 20 heavy (non-hydrogen) atoms.